The first-order chi connectivity index (χ1) is 8.20. The lowest BCUT2D eigenvalue weighted by molar-refractivity contribution is 0.0784. The summed E-state index contributed by atoms with van der Waals surface area (Å²) in [7, 11) is 0. The van der Waals surface area contributed by atoms with Gasteiger partial charge in [0.15, 0.2) is 0 Å². The minimum atomic E-state index is -0.103. The molecule has 1 aliphatic heterocycles. The molecule has 1 saturated heterocycles. The Morgan fingerprint density at radius 3 is 3.06 bits per heavy atom. The van der Waals surface area contributed by atoms with Crippen LogP contribution < -0.4 is 0 Å². The van der Waals surface area contributed by atoms with Gasteiger partial charge in [-0.3, -0.25) is 9.78 Å². The predicted octanol–water partition coefficient (Wildman–Crippen LogP) is 0.632. The van der Waals surface area contributed by atoms with Gasteiger partial charge in [0.1, 0.15) is 5.75 Å². The van der Waals surface area contributed by atoms with Gasteiger partial charge in [-0.15, -0.1) is 0 Å². The zero-order chi connectivity index (χ0) is 12.3. The number of hydrogen-bond acceptors (Lipinski definition) is 4. The highest BCUT2D eigenvalue weighted by Gasteiger charge is 2.26. The van der Waals surface area contributed by atoms with E-state index in [2.05, 4.69) is 4.98 Å². The van der Waals surface area contributed by atoms with Crippen LogP contribution in [-0.2, 0) is 0 Å². The first kappa shape index (κ1) is 11.9. The van der Waals surface area contributed by atoms with Crippen molar-refractivity contribution in [2.75, 3.05) is 19.7 Å². The Balaban J connectivity index is 2.02. The Labute approximate surface area is 99.7 Å². The Morgan fingerprint density at radius 1 is 1.53 bits per heavy atom. The smallest absolute Gasteiger partial charge is 0.255 e. The molecule has 2 heterocycles. The van der Waals surface area contributed by atoms with Crippen LogP contribution in [0.1, 0.15) is 23.2 Å². The molecular formula is C12H16N2O3. The van der Waals surface area contributed by atoms with Gasteiger partial charge >= 0.3 is 0 Å². The summed E-state index contributed by atoms with van der Waals surface area (Å²) in [5, 5.41) is 18.1. The lowest BCUT2D eigenvalue weighted by Crippen LogP contribution is -2.28. The van der Waals surface area contributed by atoms with Crippen LogP contribution in [0.4, 0.5) is 0 Å². The topological polar surface area (TPSA) is 73.7 Å². The van der Waals surface area contributed by atoms with Gasteiger partial charge in [-0.05, 0) is 24.8 Å². The highest BCUT2D eigenvalue weighted by atomic mass is 16.3. The highest BCUT2D eigenvalue weighted by molar-refractivity contribution is 5.94. The van der Waals surface area contributed by atoms with E-state index < -0.39 is 0 Å². The van der Waals surface area contributed by atoms with Crippen molar-refractivity contribution in [3.63, 3.8) is 0 Å². The van der Waals surface area contributed by atoms with Gasteiger partial charge < -0.3 is 15.1 Å². The van der Waals surface area contributed by atoms with E-state index in [9.17, 15) is 9.90 Å². The molecule has 0 aromatic carbocycles. The van der Waals surface area contributed by atoms with Crippen molar-refractivity contribution in [1.29, 1.82) is 0 Å². The summed E-state index contributed by atoms with van der Waals surface area (Å²) in [4.78, 5) is 17.6. The number of amides is 1. The fraction of sp³-hybridized carbons (Fsp3) is 0.500. The fourth-order valence-corrected chi connectivity index (χ4v) is 2.16. The van der Waals surface area contributed by atoms with E-state index in [1.54, 1.807) is 4.90 Å². The van der Waals surface area contributed by atoms with Gasteiger partial charge in [0.05, 0.1) is 11.8 Å². The van der Waals surface area contributed by atoms with Crippen molar-refractivity contribution in [3.05, 3.63) is 24.0 Å². The molecule has 1 fully saturated rings. The molecule has 0 spiro atoms. The van der Waals surface area contributed by atoms with Gasteiger partial charge in [-0.1, -0.05) is 0 Å². The second-order valence-corrected chi connectivity index (χ2v) is 4.35. The van der Waals surface area contributed by atoms with Crippen LogP contribution in [-0.4, -0.2) is 45.7 Å². The van der Waals surface area contributed by atoms with Gasteiger partial charge in [0, 0.05) is 25.9 Å². The molecule has 1 aromatic rings. The normalized spacial score (nSPS) is 19.6. The van der Waals surface area contributed by atoms with E-state index in [-0.39, 0.29) is 18.3 Å². The second-order valence-electron chi connectivity index (χ2n) is 4.35. The van der Waals surface area contributed by atoms with Crippen LogP contribution in [0.25, 0.3) is 0 Å². The third kappa shape index (κ3) is 2.74. The number of carbonyl (C=O) groups is 1. The lowest BCUT2D eigenvalue weighted by atomic mass is 10.1. The maximum absolute atomic E-state index is 12.1. The summed E-state index contributed by atoms with van der Waals surface area (Å²) in [6.07, 6.45) is 4.43. The number of aliphatic hydroxyl groups excluding tert-OH is 1. The number of carbonyl (C=O) groups excluding carboxylic acids is 1. The first-order valence-electron chi connectivity index (χ1n) is 5.75. The molecule has 0 saturated carbocycles. The minimum Gasteiger partial charge on any atom is -0.506 e. The standard InChI is InChI=1S/C12H16N2O3/c15-4-2-9-1-3-14(8-9)12(17)10-5-11(16)7-13-6-10/h5-7,9,15-16H,1-4,8H2. The number of aliphatic hydroxyl groups is 1. The van der Waals surface area contributed by atoms with E-state index in [1.165, 1.54) is 18.5 Å². The molecule has 17 heavy (non-hydrogen) atoms. The van der Waals surface area contributed by atoms with Crippen molar-refractivity contribution in [2.24, 2.45) is 5.92 Å². The van der Waals surface area contributed by atoms with Gasteiger partial charge in [0.2, 0.25) is 0 Å². The molecule has 1 atom stereocenters. The average Bonchev–Trinajstić information content (AvgIpc) is 2.77. The monoisotopic (exact) mass is 236 g/mol. The third-order valence-corrected chi connectivity index (χ3v) is 3.08. The van der Waals surface area contributed by atoms with E-state index in [0.717, 1.165) is 12.8 Å². The Kier molecular flexibility index (Phi) is 3.58. The van der Waals surface area contributed by atoms with Crippen molar-refractivity contribution in [1.82, 2.24) is 9.88 Å². The van der Waals surface area contributed by atoms with Crippen LogP contribution >= 0.6 is 0 Å². The highest BCUT2D eigenvalue weighted by Crippen LogP contribution is 2.21. The third-order valence-electron chi connectivity index (χ3n) is 3.08. The summed E-state index contributed by atoms with van der Waals surface area (Å²) >= 11 is 0. The molecule has 1 amide bonds. The van der Waals surface area contributed by atoms with E-state index in [4.69, 9.17) is 5.11 Å². The number of aromatic hydroxyl groups is 1. The zero-order valence-electron chi connectivity index (χ0n) is 9.54. The summed E-state index contributed by atoms with van der Waals surface area (Å²) in [5.74, 6) is 0.282. The van der Waals surface area contributed by atoms with E-state index in [0.29, 0.717) is 24.6 Å². The van der Waals surface area contributed by atoms with Gasteiger partial charge in [-0.25, -0.2) is 0 Å². The van der Waals surface area contributed by atoms with Gasteiger partial charge in [-0.2, -0.15) is 0 Å². The number of likely N-dealkylation sites (tertiary alicyclic amines) is 1. The molecular weight excluding hydrogens is 220 g/mol. The molecule has 0 aliphatic carbocycles. The minimum absolute atomic E-state index is 0.00181. The maximum Gasteiger partial charge on any atom is 0.255 e. The van der Waals surface area contributed by atoms with Gasteiger partial charge in [0.25, 0.3) is 5.91 Å². The number of aromatic nitrogens is 1. The molecule has 0 radical (unpaired) electrons. The van der Waals surface area contributed by atoms with E-state index >= 15 is 0 Å². The van der Waals surface area contributed by atoms with Crippen molar-refractivity contribution < 1.29 is 15.0 Å². The van der Waals surface area contributed by atoms with E-state index in [1.807, 2.05) is 0 Å². The molecule has 5 nitrogen and oxygen atoms in total. The van der Waals surface area contributed by atoms with Crippen molar-refractivity contribution >= 4 is 5.91 Å². The summed E-state index contributed by atoms with van der Waals surface area (Å²) in [5.41, 5.74) is 0.412. The quantitative estimate of drug-likeness (QED) is 0.807. The lowest BCUT2D eigenvalue weighted by Gasteiger charge is -2.16. The van der Waals surface area contributed by atoms with Crippen LogP contribution in [0.3, 0.4) is 0 Å². The maximum atomic E-state index is 12.1. The average molecular weight is 236 g/mol. The molecule has 5 heteroatoms. The number of pyridine rings is 1. The SMILES string of the molecule is O=C(c1cncc(O)c1)N1CCC(CCO)C1. The van der Waals surface area contributed by atoms with Crippen molar-refractivity contribution in [3.8, 4) is 5.75 Å². The van der Waals surface area contributed by atoms with Crippen LogP contribution in [0.15, 0.2) is 18.5 Å². The summed E-state index contributed by atoms with van der Waals surface area (Å²) in [6.45, 7) is 1.55. The summed E-state index contributed by atoms with van der Waals surface area (Å²) < 4.78 is 0. The molecule has 92 valence electrons. The second kappa shape index (κ2) is 5.14. The fourth-order valence-electron chi connectivity index (χ4n) is 2.16. The largest absolute Gasteiger partial charge is 0.506 e. The Bertz CT molecular complexity index is 408. The van der Waals surface area contributed by atoms with Crippen LogP contribution in [0.5, 0.6) is 5.75 Å². The molecule has 1 aliphatic rings. The molecule has 1 aromatic heterocycles. The Morgan fingerprint density at radius 2 is 2.35 bits per heavy atom. The predicted molar refractivity (Wildman–Crippen MR) is 61.6 cm³/mol. The Hall–Kier alpha value is -1.62. The first-order valence-corrected chi connectivity index (χ1v) is 5.75. The molecule has 1 unspecified atom stereocenters. The number of nitrogens with zero attached hydrogens (tertiary/aromatic N) is 2. The van der Waals surface area contributed by atoms with Crippen LogP contribution in [0.2, 0.25) is 0 Å². The number of rotatable bonds is 3. The van der Waals surface area contributed by atoms with Crippen molar-refractivity contribution in [2.45, 2.75) is 12.8 Å². The van der Waals surface area contributed by atoms with Crippen LogP contribution in [0, 0.1) is 5.92 Å². The zero-order valence-corrected chi connectivity index (χ0v) is 9.54. The molecule has 2 N–H and O–H groups in total. The summed E-state index contributed by atoms with van der Waals surface area (Å²) in [6, 6.07) is 1.43. The number of hydrogen-bond donors (Lipinski definition) is 2. The molecule has 0 bridgehead atoms. The molecule has 2 rings (SSSR count).